The molecule has 0 aliphatic heterocycles. The summed E-state index contributed by atoms with van der Waals surface area (Å²) in [4.78, 5) is 12.2. The Hall–Kier alpha value is -1.74. The predicted molar refractivity (Wildman–Crippen MR) is 91.9 cm³/mol. The van der Waals surface area contributed by atoms with Gasteiger partial charge in [-0.1, -0.05) is 0 Å². The minimum absolute atomic E-state index is 0.0868. The van der Waals surface area contributed by atoms with Gasteiger partial charge in [0.15, 0.2) is 11.6 Å². The summed E-state index contributed by atoms with van der Waals surface area (Å²) >= 11 is 0. The predicted octanol–water partition coefficient (Wildman–Crippen LogP) is 2.05. The zero-order valence-corrected chi connectivity index (χ0v) is 15.6. The number of benzene rings is 1. The van der Waals surface area contributed by atoms with Gasteiger partial charge in [-0.3, -0.25) is 9.10 Å². The third kappa shape index (κ3) is 6.58. The van der Waals surface area contributed by atoms with Crippen molar-refractivity contribution in [2.24, 2.45) is 0 Å². The first kappa shape index (κ1) is 21.3. The minimum Gasteiger partial charge on any atom is -0.379 e. The SMILES string of the molecule is CC(C)OCCCNC(=O)[C@H](C)N(c1ccc(F)c(F)c1)S(C)(=O)=O. The fourth-order valence-corrected chi connectivity index (χ4v) is 3.35. The molecule has 0 aromatic heterocycles. The van der Waals surface area contributed by atoms with Crippen molar-refractivity contribution in [1.29, 1.82) is 0 Å². The summed E-state index contributed by atoms with van der Waals surface area (Å²) in [7, 11) is -3.88. The van der Waals surface area contributed by atoms with E-state index in [1.807, 2.05) is 13.8 Å². The second-order valence-electron chi connectivity index (χ2n) is 5.90. The summed E-state index contributed by atoms with van der Waals surface area (Å²) in [6.45, 7) is 5.94. The first-order valence-corrected chi connectivity index (χ1v) is 9.72. The number of nitrogens with one attached hydrogen (secondary N) is 1. The Bertz CT molecular complexity index is 695. The highest BCUT2D eigenvalue weighted by Gasteiger charge is 2.29. The monoisotopic (exact) mass is 378 g/mol. The number of anilines is 1. The van der Waals surface area contributed by atoms with Crippen LogP contribution < -0.4 is 9.62 Å². The molecule has 0 bridgehead atoms. The molecule has 0 spiro atoms. The molecular weight excluding hydrogens is 354 g/mol. The van der Waals surface area contributed by atoms with Crippen molar-refractivity contribution in [2.75, 3.05) is 23.7 Å². The van der Waals surface area contributed by atoms with Crippen molar-refractivity contribution in [3.63, 3.8) is 0 Å². The quantitative estimate of drug-likeness (QED) is 0.668. The van der Waals surface area contributed by atoms with Crippen LogP contribution in [0.3, 0.4) is 0 Å². The van der Waals surface area contributed by atoms with E-state index in [1.165, 1.54) is 6.92 Å². The van der Waals surface area contributed by atoms with Crippen LogP contribution >= 0.6 is 0 Å². The number of carbonyl (C=O) groups is 1. The van der Waals surface area contributed by atoms with Gasteiger partial charge in [0.1, 0.15) is 6.04 Å². The molecule has 9 heteroatoms. The fourth-order valence-electron chi connectivity index (χ4n) is 2.18. The summed E-state index contributed by atoms with van der Waals surface area (Å²) in [6, 6.07) is 1.55. The van der Waals surface area contributed by atoms with E-state index in [1.54, 1.807) is 0 Å². The molecule has 1 aromatic rings. The molecule has 1 atom stereocenters. The topological polar surface area (TPSA) is 75.7 Å². The maximum atomic E-state index is 13.4. The molecule has 25 heavy (non-hydrogen) atoms. The lowest BCUT2D eigenvalue weighted by Gasteiger charge is -2.28. The largest absolute Gasteiger partial charge is 0.379 e. The summed E-state index contributed by atoms with van der Waals surface area (Å²) in [6.07, 6.45) is 1.55. The first-order valence-electron chi connectivity index (χ1n) is 7.87. The second kappa shape index (κ2) is 9.10. The summed E-state index contributed by atoms with van der Waals surface area (Å²) in [5.74, 6) is -2.83. The lowest BCUT2D eigenvalue weighted by atomic mass is 10.2. The van der Waals surface area contributed by atoms with E-state index in [0.29, 0.717) is 19.6 Å². The average Bonchev–Trinajstić information content (AvgIpc) is 2.48. The first-order chi connectivity index (χ1) is 11.5. The van der Waals surface area contributed by atoms with Gasteiger partial charge in [-0.2, -0.15) is 0 Å². The van der Waals surface area contributed by atoms with Gasteiger partial charge in [-0.15, -0.1) is 0 Å². The van der Waals surface area contributed by atoms with Crippen molar-refractivity contribution in [3.05, 3.63) is 29.8 Å². The van der Waals surface area contributed by atoms with E-state index in [-0.39, 0.29) is 11.8 Å². The molecule has 0 saturated heterocycles. The zero-order chi connectivity index (χ0) is 19.2. The van der Waals surface area contributed by atoms with Crippen molar-refractivity contribution in [2.45, 2.75) is 39.3 Å². The Morgan fingerprint density at radius 3 is 2.40 bits per heavy atom. The van der Waals surface area contributed by atoms with Crippen LogP contribution in [0.5, 0.6) is 0 Å². The summed E-state index contributed by atoms with van der Waals surface area (Å²) in [5.41, 5.74) is -0.118. The van der Waals surface area contributed by atoms with Crippen LogP contribution in [-0.2, 0) is 19.6 Å². The zero-order valence-electron chi connectivity index (χ0n) is 14.8. The Kier molecular flexibility index (Phi) is 7.75. The molecule has 142 valence electrons. The molecule has 1 rings (SSSR count). The summed E-state index contributed by atoms with van der Waals surface area (Å²) in [5, 5.41) is 2.61. The van der Waals surface area contributed by atoms with Gasteiger partial charge in [0.2, 0.25) is 15.9 Å². The Labute approximate surface area is 147 Å². The van der Waals surface area contributed by atoms with Crippen LogP contribution in [0.4, 0.5) is 14.5 Å². The normalized spacial score (nSPS) is 12.9. The molecule has 0 radical (unpaired) electrons. The number of sulfonamides is 1. The Morgan fingerprint density at radius 2 is 1.88 bits per heavy atom. The molecule has 0 heterocycles. The van der Waals surface area contributed by atoms with Crippen LogP contribution in [0, 0.1) is 11.6 Å². The van der Waals surface area contributed by atoms with Gasteiger partial charge < -0.3 is 10.1 Å². The van der Waals surface area contributed by atoms with E-state index in [2.05, 4.69) is 5.32 Å². The Morgan fingerprint density at radius 1 is 1.24 bits per heavy atom. The number of hydrogen-bond acceptors (Lipinski definition) is 4. The molecule has 0 aliphatic carbocycles. The number of ether oxygens (including phenoxy) is 1. The highest BCUT2D eigenvalue weighted by molar-refractivity contribution is 7.92. The van der Waals surface area contributed by atoms with E-state index < -0.39 is 33.6 Å². The van der Waals surface area contributed by atoms with Gasteiger partial charge in [0.25, 0.3) is 0 Å². The minimum atomic E-state index is -3.88. The number of carbonyl (C=O) groups excluding carboxylic acids is 1. The molecular formula is C16H24F2N2O4S. The molecule has 0 saturated carbocycles. The van der Waals surface area contributed by atoms with Crippen LogP contribution in [-0.4, -0.2) is 45.9 Å². The Balaban J connectivity index is 2.82. The number of amides is 1. The number of halogens is 2. The molecule has 1 N–H and O–H groups in total. The maximum absolute atomic E-state index is 13.4. The van der Waals surface area contributed by atoms with E-state index in [4.69, 9.17) is 4.74 Å². The van der Waals surface area contributed by atoms with E-state index in [0.717, 1.165) is 28.8 Å². The number of hydrogen-bond donors (Lipinski definition) is 1. The lowest BCUT2D eigenvalue weighted by Crippen LogP contribution is -2.48. The molecule has 0 fully saturated rings. The van der Waals surface area contributed by atoms with Crippen molar-refractivity contribution in [3.8, 4) is 0 Å². The highest BCUT2D eigenvalue weighted by Crippen LogP contribution is 2.23. The van der Waals surface area contributed by atoms with Gasteiger partial charge in [-0.05, 0) is 39.3 Å². The third-order valence-corrected chi connectivity index (χ3v) is 4.56. The van der Waals surface area contributed by atoms with Crippen LogP contribution in [0.2, 0.25) is 0 Å². The molecule has 0 aliphatic rings. The maximum Gasteiger partial charge on any atom is 0.243 e. The number of rotatable bonds is 9. The van der Waals surface area contributed by atoms with Gasteiger partial charge in [-0.25, -0.2) is 17.2 Å². The highest BCUT2D eigenvalue weighted by atomic mass is 32.2. The van der Waals surface area contributed by atoms with Crippen LogP contribution in [0.25, 0.3) is 0 Å². The van der Waals surface area contributed by atoms with E-state index >= 15 is 0 Å². The van der Waals surface area contributed by atoms with Crippen molar-refractivity contribution < 1.29 is 26.7 Å². The van der Waals surface area contributed by atoms with Crippen LogP contribution in [0.1, 0.15) is 27.2 Å². The second-order valence-corrected chi connectivity index (χ2v) is 7.76. The van der Waals surface area contributed by atoms with Gasteiger partial charge >= 0.3 is 0 Å². The van der Waals surface area contributed by atoms with Gasteiger partial charge in [0, 0.05) is 19.2 Å². The van der Waals surface area contributed by atoms with Crippen LogP contribution in [0.15, 0.2) is 18.2 Å². The fraction of sp³-hybridized carbons (Fsp3) is 0.562. The number of nitrogens with zero attached hydrogens (tertiary/aromatic N) is 1. The van der Waals surface area contributed by atoms with Crippen molar-refractivity contribution >= 4 is 21.6 Å². The van der Waals surface area contributed by atoms with E-state index in [9.17, 15) is 22.0 Å². The lowest BCUT2D eigenvalue weighted by molar-refractivity contribution is -0.121. The molecule has 0 unspecified atom stereocenters. The summed E-state index contributed by atoms with van der Waals surface area (Å²) < 4.78 is 56.7. The average molecular weight is 378 g/mol. The smallest absolute Gasteiger partial charge is 0.243 e. The molecule has 6 nitrogen and oxygen atoms in total. The van der Waals surface area contributed by atoms with Gasteiger partial charge in [0.05, 0.1) is 18.0 Å². The van der Waals surface area contributed by atoms with Crippen molar-refractivity contribution in [1.82, 2.24) is 5.32 Å². The molecule has 1 amide bonds. The molecule has 1 aromatic carbocycles. The standard InChI is InChI=1S/C16H24F2N2O4S/c1-11(2)24-9-5-8-19-16(21)12(3)20(25(4,22)23)13-6-7-14(17)15(18)10-13/h6-7,10-12H,5,8-9H2,1-4H3,(H,19,21)/t12-/m0/s1. The third-order valence-electron chi connectivity index (χ3n) is 3.32.